The van der Waals surface area contributed by atoms with E-state index in [4.69, 9.17) is 11.6 Å². The highest BCUT2D eigenvalue weighted by Gasteiger charge is 2.32. The van der Waals surface area contributed by atoms with Gasteiger partial charge in [0.2, 0.25) is 0 Å². The highest BCUT2D eigenvalue weighted by molar-refractivity contribution is 6.31. The Kier molecular flexibility index (Phi) is 4.43. The van der Waals surface area contributed by atoms with Crippen molar-refractivity contribution in [1.82, 2.24) is 9.80 Å². The van der Waals surface area contributed by atoms with E-state index in [1.165, 1.54) is 76.0 Å². The molecule has 120 valence electrons. The van der Waals surface area contributed by atoms with Gasteiger partial charge in [-0.25, -0.2) is 0 Å². The van der Waals surface area contributed by atoms with Gasteiger partial charge in [0.05, 0.1) is 0 Å². The standard InChI is InChI=1S/C19H27ClN2/c20-18-5-3-4-17-16(18)6-7-19(17)22-12-8-15(9-13-22)14-21-10-1-2-11-21/h3-5,15,19H,1-2,6-14H2. The molecule has 2 nitrogen and oxygen atoms in total. The van der Waals surface area contributed by atoms with E-state index in [1.54, 1.807) is 0 Å². The lowest BCUT2D eigenvalue weighted by Gasteiger charge is -2.37. The van der Waals surface area contributed by atoms with E-state index < -0.39 is 0 Å². The Balaban J connectivity index is 1.36. The second kappa shape index (κ2) is 6.51. The lowest BCUT2D eigenvalue weighted by atomic mass is 9.94. The molecular formula is C19H27ClN2. The zero-order valence-corrected chi connectivity index (χ0v) is 14.2. The van der Waals surface area contributed by atoms with Gasteiger partial charge in [0.25, 0.3) is 0 Å². The van der Waals surface area contributed by atoms with Crippen molar-refractivity contribution >= 4 is 11.6 Å². The summed E-state index contributed by atoms with van der Waals surface area (Å²) in [6.07, 6.45) is 8.01. The molecule has 4 rings (SSSR count). The molecule has 0 bridgehead atoms. The van der Waals surface area contributed by atoms with Crippen LogP contribution in [0, 0.1) is 5.92 Å². The molecule has 22 heavy (non-hydrogen) atoms. The summed E-state index contributed by atoms with van der Waals surface area (Å²) in [5.74, 6) is 0.926. The molecule has 0 radical (unpaired) electrons. The zero-order valence-electron chi connectivity index (χ0n) is 13.4. The Hall–Kier alpha value is -0.570. The third-order valence-corrected chi connectivity index (χ3v) is 6.34. The van der Waals surface area contributed by atoms with Gasteiger partial charge < -0.3 is 4.90 Å². The Bertz CT molecular complexity index is 516. The zero-order chi connectivity index (χ0) is 14.9. The van der Waals surface area contributed by atoms with Gasteiger partial charge in [-0.2, -0.15) is 0 Å². The summed E-state index contributed by atoms with van der Waals surface area (Å²) in [5.41, 5.74) is 2.92. The predicted molar refractivity (Wildman–Crippen MR) is 92.5 cm³/mol. The van der Waals surface area contributed by atoms with Crippen molar-refractivity contribution in [3.05, 3.63) is 34.3 Å². The van der Waals surface area contributed by atoms with Crippen molar-refractivity contribution < 1.29 is 0 Å². The van der Waals surface area contributed by atoms with Crippen LogP contribution in [0.2, 0.25) is 5.02 Å². The average molecular weight is 319 g/mol. The number of fused-ring (bicyclic) bond motifs is 1. The molecule has 0 spiro atoms. The Morgan fingerprint density at radius 3 is 2.55 bits per heavy atom. The average Bonchev–Trinajstić information content (AvgIpc) is 3.18. The van der Waals surface area contributed by atoms with E-state index in [1.807, 2.05) is 6.07 Å². The molecule has 1 aliphatic carbocycles. The van der Waals surface area contributed by atoms with Gasteiger partial charge in [-0.15, -0.1) is 0 Å². The smallest absolute Gasteiger partial charge is 0.0441 e. The molecule has 1 atom stereocenters. The van der Waals surface area contributed by atoms with E-state index in [0.717, 1.165) is 17.4 Å². The summed E-state index contributed by atoms with van der Waals surface area (Å²) in [5, 5.41) is 0.976. The molecule has 0 N–H and O–H groups in total. The van der Waals surface area contributed by atoms with Crippen LogP contribution in [0.3, 0.4) is 0 Å². The number of benzene rings is 1. The monoisotopic (exact) mass is 318 g/mol. The molecule has 1 aromatic rings. The quantitative estimate of drug-likeness (QED) is 0.826. The van der Waals surface area contributed by atoms with Crippen LogP contribution in [0.5, 0.6) is 0 Å². The summed E-state index contributed by atoms with van der Waals surface area (Å²) in [4.78, 5) is 5.41. The van der Waals surface area contributed by atoms with Gasteiger partial charge in [0.1, 0.15) is 0 Å². The number of halogens is 1. The first-order valence-electron chi connectivity index (χ1n) is 9.05. The number of hydrogen-bond acceptors (Lipinski definition) is 2. The van der Waals surface area contributed by atoms with Crippen LogP contribution in [-0.2, 0) is 6.42 Å². The van der Waals surface area contributed by atoms with Gasteiger partial charge >= 0.3 is 0 Å². The summed E-state index contributed by atoms with van der Waals surface area (Å²) >= 11 is 6.37. The fraction of sp³-hybridized carbons (Fsp3) is 0.684. The second-order valence-electron chi connectivity index (χ2n) is 7.35. The van der Waals surface area contributed by atoms with Gasteiger partial charge in [-0.3, -0.25) is 4.90 Å². The summed E-state index contributed by atoms with van der Waals surface area (Å²) in [7, 11) is 0. The molecule has 0 aromatic heterocycles. The predicted octanol–water partition coefficient (Wildman–Crippen LogP) is 4.14. The molecule has 3 aliphatic rings. The lowest BCUT2D eigenvalue weighted by Crippen LogP contribution is -2.39. The Labute approximate surface area is 139 Å². The third kappa shape index (κ3) is 2.93. The molecule has 1 unspecified atom stereocenters. The van der Waals surface area contributed by atoms with Crippen LogP contribution in [0.15, 0.2) is 18.2 Å². The molecular weight excluding hydrogens is 292 g/mol. The van der Waals surface area contributed by atoms with E-state index in [9.17, 15) is 0 Å². The maximum atomic E-state index is 6.37. The highest BCUT2D eigenvalue weighted by atomic mass is 35.5. The number of piperidine rings is 1. The second-order valence-corrected chi connectivity index (χ2v) is 7.76. The minimum absolute atomic E-state index is 0.626. The van der Waals surface area contributed by atoms with Gasteiger partial charge in [-0.05, 0) is 87.8 Å². The third-order valence-electron chi connectivity index (χ3n) is 5.99. The van der Waals surface area contributed by atoms with Crippen LogP contribution in [0.4, 0.5) is 0 Å². The fourth-order valence-electron chi connectivity index (χ4n) is 4.74. The van der Waals surface area contributed by atoms with Crippen molar-refractivity contribution in [3.8, 4) is 0 Å². The van der Waals surface area contributed by atoms with Crippen LogP contribution >= 0.6 is 11.6 Å². The van der Waals surface area contributed by atoms with Crippen molar-refractivity contribution in [2.24, 2.45) is 5.92 Å². The largest absolute Gasteiger partial charge is 0.303 e. The van der Waals surface area contributed by atoms with E-state index in [-0.39, 0.29) is 0 Å². The Morgan fingerprint density at radius 1 is 1.00 bits per heavy atom. The maximum Gasteiger partial charge on any atom is 0.0441 e. The van der Waals surface area contributed by atoms with E-state index in [2.05, 4.69) is 21.9 Å². The van der Waals surface area contributed by atoms with Crippen molar-refractivity contribution in [2.45, 2.75) is 44.6 Å². The van der Waals surface area contributed by atoms with Crippen LogP contribution in [-0.4, -0.2) is 42.5 Å². The normalized spacial score (nSPS) is 27.4. The first kappa shape index (κ1) is 15.0. The molecule has 0 saturated carbocycles. The van der Waals surface area contributed by atoms with Crippen LogP contribution in [0.25, 0.3) is 0 Å². The van der Waals surface area contributed by atoms with Gasteiger partial charge in [-0.1, -0.05) is 23.7 Å². The minimum atomic E-state index is 0.626. The van der Waals surface area contributed by atoms with Gasteiger partial charge in [0, 0.05) is 17.6 Å². The van der Waals surface area contributed by atoms with Crippen molar-refractivity contribution in [1.29, 1.82) is 0 Å². The number of likely N-dealkylation sites (tertiary alicyclic amines) is 2. The fourth-order valence-corrected chi connectivity index (χ4v) is 5.02. The summed E-state index contributed by atoms with van der Waals surface area (Å²) < 4.78 is 0. The molecule has 2 aliphatic heterocycles. The van der Waals surface area contributed by atoms with Crippen LogP contribution in [0.1, 0.15) is 49.3 Å². The molecule has 2 fully saturated rings. The SMILES string of the molecule is Clc1cccc2c1CCC2N1CCC(CN2CCCC2)CC1. The first-order valence-corrected chi connectivity index (χ1v) is 9.43. The van der Waals surface area contributed by atoms with Gasteiger partial charge in [0.15, 0.2) is 0 Å². The summed E-state index contributed by atoms with van der Waals surface area (Å²) in [6.45, 7) is 6.58. The molecule has 0 amide bonds. The van der Waals surface area contributed by atoms with Crippen molar-refractivity contribution in [2.75, 3.05) is 32.7 Å². The lowest BCUT2D eigenvalue weighted by molar-refractivity contribution is 0.115. The van der Waals surface area contributed by atoms with Crippen LogP contribution < -0.4 is 0 Å². The van der Waals surface area contributed by atoms with E-state index in [0.29, 0.717) is 6.04 Å². The minimum Gasteiger partial charge on any atom is -0.303 e. The number of hydrogen-bond donors (Lipinski definition) is 0. The molecule has 1 aromatic carbocycles. The summed E-state index contributed by atoms with van der Waals surface area (Å²) in [6, 6.07) is 7.10. The first-order chi connectivity index (χ1) is 10.8. The number of nitrogens with zero attached hydrogens (tertiary/aromatic N) is 2. The topological polar surface area (TPSA) is 6.48 Å². The highest BCUT2D eigenvalue weighted by Crippen LogP contribution is 2.40. The van der Waals surface area contributed by atoms with E-state index >= 15 is 0 Å². The van der Waals surface area contributed by atoms with Crippen molar-refractivity contribution in [3.63, 3.8) is 0 Å². The molecule has 2 heterocycles. The molecule has 2 saturated heterocycles. The molecule has 3 heteroatoms. The Morgan fingerprint density at radius 2 is 1.77 bits per heavy atom. The number of rotatable bonds is 3. The maximum absolute atomic E-state index is 6.37.